The molecular formula is C21H26N2O2. The Labute approximate surface area is 149 Å². The van der Waals surface area contributed by atoms with Gasteiger partial charge in [0.2, 0.25) is 11.8 Å². The van der Waals surface area contributed by atoms with Gasteiger partial charge in [-0.1, -0.05) is 67.6 Å². The van der Waals surface area contributed by atoms with Crippen molar-refractivity contribution in [2.24, 2.45) is 0 Å². The van der Waals surface area contributed by atoms with E-state index in [2.05, 4.69) is 10.6 Å². The highest BCUT2D eigenvalue weighted by molar-refractivity contribution is 5.85. The van der Waals surface area contributed by atoms with E-state index >= 15 is 0 Å². The summed E-state index contributed by atoms with van der Waals surface area (Å²) in [5.41, 5.74) is 2.18. The van der Waals surface area contributed by atoms with Crippen LogP contribution >= 0.6 is 0 Å². The summed E-state index contributed by atoms with van der Waals surface area (Å²) < 4.78 is 0. The average Bonchev–Trinajstić information content (AvgIpc) is 2.65. The Morgan fingerprint density at radius 3 is 1.88 bits per heavy atom. The molecule has 0 aromatic heterocycles. The highest BCUT2D eigenvalue weighted by Gasteiger charge is 2.18. The lowest BCUT2D eigenvalue weighted by Gasteiger charge is -2.18. The highest BCUT2D eigenvalue weighted by atomic mass is 16.2. The smallest absolute Gasteiger partial charge is 0.239 e. The van der Waals surface area contributed by atoms with E-state index in [-0.39, 0.29) is 30.3 Å². The normalized spacial score (nSPS) is 11.8. The second-order valence-electron chi connectivity index (χ2n) is 6.23. The number of hydrogen-bond acceptors (Lipinski definition) is 2. The highest BCUT2D eigenvalue weighted by Crippen LogP contribution is 2.27. The third kappa shape index (κ3) is 6.07. The zero-order chi connectivity index (χ0) is 18.1. The Morgan fingerprint density at radius 2 is 1.40 bits per heavy atom. The number of hydrogen-bond donors (Lipinski definition) is 2. The Bertz CT molecular complexity index is 631. The van der Waals surface area contributed by atoms with E-state index in [4.69, 9.17) is 0 Å². The Balaban J connectivity index is 2.00. The van der Waals surface area contributed by atoms with Gasteiger partial charge in [-0.05, 0) is 24.5 Å². The molecule has 4 heteroatoms. The lowest BCUT2D eigenvalue weighted by molar-refractivity contribution is -0.126. The molecule has 2 rings (SSSR count). The zero-order valence-electron chi connectivity index (χ0n) is 14.9. The lowest BCUT2D eigenvalue weighted by Crippen LogP contribution is -2.40. The Morgan fingerprint density at radius 1 is 0.880 bits per heavy atom. The van der Waals surface area contributed by atoms with Gasteiger partial charge in [0.25, 0.3) is 0 Å². The van der Waals surface area contributed by atoms with Crippen molar-refractivity contribution in [1.82, 2.24) is 10.6 Å². The van der Waals surface area contributed by atoms with Crippen LogP contribution in [0.5, 0.6) is 0 Å². The maximum absolute atomic E-state index is 12.4. The predicted molar refractivity (Wildman–Crippen MR) is 100 cm³/mol. The average molecular weight is 338 g/mol. The third-order valence-electron chi connectivity index (χ3n) is 4.26. The van der Waals surface area contributed by atoms with Crippen molar-refractivity contribution >= 4 is 11.8 Å². The molecule has 0 spiro atoms. The first-order valence-corrected chi connectivity index (χ1v) is 8.76. The SMILES string of the molecule is CCC(C)NC(=O)CNC(=O)CC(c1ccccc1)c1ccccc1. The van der Waals surface area contributed by atoms with Crippen molar-refractivity contribution in [3.8, 4) is 0 Å². The van der Waals surface area contributed by atoms with Crippen molar-refractivity contribution in [3.63, 3.8) is 0 Å². The topological polar surface area (TPSA) is 58.2 Å². The van der Waals surface area contributed by atoms with Gasteiger partial charge < -0.3 is 10.6 Å². The van der Waals surface area contributed by atoms with Crippen LogP contribution in [0.2, 0.25) is 0 Å². The molecule has 0 heterocycles. The zero-order valence-corrected chi connectivity index (χ0v) is 14.9. The van der Waals surface area contributed by atoms with E-state index in [0.717, 1.165) is 17.5 Å². The van der Waals surface area contributed by atoms with Crippen molar-refractivity contribution in [2.75, 3.05) is 6.54 Å². The molecule has 0 aliphatic carbocycles. The van der Waals surface area contributed by atoms with Gasteiger partial charge in [0.05, 0.1) is 6.54 Å². The molecular weight excluding hydrogens is 312 g/mol. The fourth-order valence-electron chi connectivity index (χ4n) is 2.66. The summed E-state index contributed by atoms with van der Waals surface area (Å²) in [5, 5.41) is 5.58. The second kappa shape index (κ2) is 9.62. The van der Waals surface area contributed by atoms with Crippen molar-refractivity contribution in [1.29, 1.82) is 0 Å². The minimum Gasteiger partial charge on any atom is -0.352 e. The number of amides is 2. The summed E-state index contributed by atoms with van der Waals surface area (Å²) in [6, 6.07) is 20.1. The minimum atomic E-state index is -0.154. The standard InChI is InChI=1S/C21H26N2O2/c1-3-16(2)23-21(25)15-22-20(24)14-19(17-10-6-4-7-11-17)18-12-8-5-9-13-18/h4-13,16,19H,3,14-15H2,1-2H3,(H,22,24)(H,23,25). The monoisotopic (exact) mass is 338 g/mol. The molecule has 0 saturated carbocycles. The summed E-state index contributed by atoms with van der Waals surface area (Å²) in [4.78, 5) is 24.2. The molecule has 1 atom stereocenters. The Hall–Kier alpha value is -2.62. The van der Waals surface area contributed by atoms with Gasteiger partial charge >= 0.3 is 0 Å². The lowest BCUT2D eigenvalue weighted by atomic mass is 9.88. The first-order valence-electron chi connectivity index (χ1n) is 8.76. The molecule has 0 radical (unpaired) electrons. The van der Waals surface area contributed by atoms with Gasteiger partial charge in [0.15, 0.2) is 0 Å². The van der Waals surface area contributed by atoms with Crippen LogP contribution in [-0.4, -0.2) is 24.4 Å². The van der Waals surface area contributed by atoms with E-state index < -0.39 is 0 Å². The van der Waals surface area contributed by atoms with E-state index in [1.165, 1.54) is 0 Å². The molecule has 0 aliphatic rings. The van der Waals surface area contributed by atoms with Gasteiger partial charge in [-0.2, -0.15) is 0 Å². The molecule has 132 valence electrons. The summed E-state index contributed by atoms with van der Waals surface area (Å²) in [6.45, 7) is 3.97. The molecule has 2 aromatic carbocycles. The van der Waals surface area contributed by atoms with Crippen molar-refractivity contribution < 1.29 is 9.59 Å². The van der Waals surface area contributed by atoms with Gasteiger partial charge in [-0.25, -0.2) is 0 Å². The molecule has 25 heavy (non-hydrogen) atoms. The summed E-state index contributed by atoms with van der Waals surface area (Å²) in [5.74, 6) is -0.310. The van der Waals surface area contributed by atoms with Crippen molar-refractivity contribution in [2.45, 2.75) is 38.6 Å². The van der Waals surface area contributed by atoms with E-state index in [1.807, 2.05) is 74.5 Å². The summed E-state index contributed by atoms with van der Waals surface area (Å²) >= 11 is 0. The fraction of sp³-hybridized carbons (Fsp3) is 0.333. The molecule has 2 aromatic rings. The first-order chi connectivity index (χ1) is 12.1. The van der Waals surface area contributed by atoms with E-state index in [0.29, 0.717) is 6.42 Å². The minimum absolute atomic E-state index is 0.0134. The fourth-order valence-corrected chi connectivity index (χ4v) is 2.66. The van der Waals surface area contributed by atoms with Gasteiger partial charge in [-0.3, -0.25) is 9.59 Å². The van der Waals surface area contributed by atoms with Crippen LogP contribution in [-0.2, 0) is 9.59 Å². The summed E-state index contributed by atoms with van der Waals surface area (Å²) in [7, 11) is 0. The summed E-state index contributed by atoms with van der Waals surface area (Å²) in [6.07, 6.45) is 1.18. The van der Waals surface area contributed by atoms with Gasteiger partial charge in [0.1, 0.15) is 0 Å². The molecule has 0 saturated heterocycles. The maximum Gasteiger partial charge on any atom is 0.239 e. The first kappa shape index (κ1) is 18.7. The second-order valence-corrected chi connectivity index (χ2v) is 6.23. The number of nitrogens with one attached hydrogen (secondary N) is 2. The van der Waals surface area contributed by atoms with Gasteiger partial charge in [0, 0.05) is 18.4 Å². The van der Waals surface area contributed by atoms with Crippen LogP contribution < -0.4 is 10.6 Å². The van der Waals surface area contributed by atoms with Crippen LogP contribution in [0.15, 0.2) is 60.7 Å². The van der Waals surface area contributed by atoms with Crippen LogP contribution in [0, 0.1) is 0 Å². The quantitative estimate of drug-likeness (QED) is 0.776. The molecule has 1 unspecified atom stereocenters. The number of carbonyl (C=O) groups excluding carboxylic acids is 2. The Kier molecular flexibility index (Phi) is 7.20. The van der Waals surface area contributed by atoms with E-state index in [9.17, 15) is 9.59 Å². The predicted octanol–water partition coefficient (Wildman–Crippen LogP) is 3.24. The largest absolute Gasteiger partial charge is 0.352 e. The van der Waals surface area contributed by atoms with E-state index in [1.54, 1.807) is 0 Å². The number of rotatable bonds is 8. The van der Waals surface area contributed by atoms with Crippen LogP contribution in [0.25, 0.3) is 0 Å². The molecule has 0 aliphatic heterocycles. The molecule has 0 bridgehead atoms. The van der Waals surface area contributed by atoms with Crippen molar-refractivity contribution in [3.05, 3.63) is 71.8 Å². The molecule has 4 nitrogen and oxygen atoms in total. The molecule has 2 amide bonds. The third-order valence-corrected chi connectivity index (χ3v) is 4.26. The maximum atomic E-state index is 12.4. The number of benzene rings is 2. The van der Waals surface area contributed by atoms with Crippen LogP contribution in [0.3, 0.4) is 0 Å². The number of carbonyl (C=O) groups is 2. The molecule has 0 fully saturated rings. The van der Waals surface area contributed by atoms with Gasteiger partial charge in [-0.15, -0.1) is 0 Å². The van der Waals surface area contributed by atoms with Crippen LogP contribution in [0.1, 0.15) is 43.7 Å². The molecule has 2 N–H and O–H groups in total. The van der Waals surface area contributed by atoms with Crippen LogP contribution in [0.4, 0.5) is 0 Å².